The molecule has 0 aliphatic heterocycles. The Kier molecular flexibility index (Phi) is 5.66. The molecule has 3 heteroatoms. The van der Waals surface area contributed by atoms with Crippen LogP contribution in [-0.2, 0) is 10.2 Å². The standard InChI is InChI=1S/C21H28N2O/c1-15-10-11-16(2)19(14-15)22-13-12-20(24)23-18-9-7-6-8-17(18)21(3,4)5/h6-11,14,22H,12-13H2,1-5H3,(H,23,24). The van der Waals surface area contributed by atoms with Crippen LogP contribution in [0, 0.1) is 13.8 Å². The van der Waals surface area contributed by atoms with Crippen LogP contribution in [-0.4, -0.2) is 12.5 Å². The summed E-state index contributed by atoms with van der Waals surface area (Å²) in [5.41, 5.74) is 5.56. The van der Waals surface area contributed by atoms with E-state index in [1.165, 1.54) is 11.1 Å². The summed E-state index contributed by atoms with van der Waals surface area (Å²) in [5.74, 6) is 0.0320. The molecule has 0 saturated carbocycles. The number of rotatable bonds is 5. The number of para-hydroxylation sites is 1. The SMILES string of the molecule is Cc1ccc(C)c(NCCC(=O)Nc2ccccc2C(C)(C)C)c1. The minimum absolute atomic E-state index is 0.000794. The quantitative estimate of drug-likeness (QED) is 0.809. The van der Waals surface area contributed by atoms with Crippen molar-refractivity contribution >= 4 is 17.3 Å². The fraction of sp³-hybridized carbons (Fsp3) is 0.381. The van der Waals surface area contributed by atoms with Gasteiger partial charge in [-0.1, -0.05) is 51.1 Å². The molecule has 0 heterocycles. The normalized spacial score (nSPS) is 11.2. The summed E-state index contributed by atoms with van der Waals surface area (Å²) in [4.78, 5) is 12.3. The van der Waals surface area contributed by atoms with Gasteiger partial charge < -0.3 is 10.6 Å². The molecule has 0 saturated heterocycles. The molecule has 0 aliphatic carbocycles. The summed E-state index contributed by atoms with van der Waals surface area (Å²) < 4.78 is 0. The minimum Gasteiger partial charge on any atom is -0.384 e. The molecule has 0 spiro atoms. The van der Waals surface area contributed by atoms with E-state index >= 15 is 0 Å². The molecule has 1 amide bonds. The van der Waals surface area contributed by atoms with E-state index in [9.17, 15) is 4.79 Å². The molecule has 0 atom stereocenters. The third-order valence-electron chi connectivity index (χ3n) is 4.07. The Morgan fingerprint density at radius 2 is 1.71 bits per heavy atom. The van der Waals surface area contributed by atoms with Crippen molar-refractivity contribution in [1.82, 2.24) is 0 Å². The van der Waals surface area contributed by atoms with Gasteiger partial charge in [0.05, 0.1) is 0 Å². The highest BCUT2D eigenvalue weighted by molar-refractivity contribution is 5.92. The molecule has 2 N–H and O–H groups in total. The predicted octanol–water partition coefficient (Wildman–Crippen LogP) is 5.04. The van der Waals surface area contributed by atoms with E-state index < -0.39 is 0 Å². The van der Waals surface area contributed by atoms with Gasteiger partial charge in [-0.3, -0.25) is 4.79 Å². The van der Waals surface area contributed by atoms with Crippen molar-refractivity contribution in [2.24, 2.45) is 0 Å². The van der Waals surface area contributed by atoms with E-state index in [4.69, 9.17) is 0 Å². The fourth-order valence-corrected chi connectivity index (χ4v) is 2.70. The van der Waals surface area contributed by atoms with Crippen molar-refractivity contribution in [3.05, 3.63) is 59.2 Å². The monoisotopic (exact) mass is 324 g/mol. The number of carbonyl (C=O) groups excluding carboxylic acids is 1. The average molecular weight is 324 g/mol. The fourth-order valence-electron chi connectivity index (χ4n) is 2.70. The van der Waals surface area contributed by atoms with Crippen molar-refractivity contribution < 1.29 is 4.79 Å². The van der Waals surface area contributed by atoms with Crippen molar-refractivity contribution in [3.8, 4) is 0 Å². The van der Waals surface area contributed by atoms with Gasteiger partial charge >= 0.3 is 0 Å². The third-order valence-corrected chi connectivity index (χ3v) is 4.07. The first-order chi connectivity index (χ1) is 11.3. The van der Waals surface area contributed by atoms with Crippen LogP contribution in [0.3, 0.4) is 0 Å². The van der Waals surface area contributed by atoms with Gasteiger partial charge in [0.25, 0.3) is 0 Å². The maximum absolute atomic E-state index is 12.3. The third kappa shape index (κ3) is 4.85. The Balaban J connectivity index is 1.94. The predicted molar refractivity (Wildman–Crippen MR) is 103 cm³/mol. The lowest BCUT2D eigenvalue weighted by molar-refractivity contribution is -0.115. The first-order valence-electron chi connectivity index (χ1n) is 8.48. The van der Waals surface area contributed by atoms with Crippen LogP contribution in [0.25, 0.3) is 0 Å². The largest absolute Gasteiger partial charge is 0.384 e. The van der Waals surface area contributed by atoms with Crippen molar-refractivity contribution in [1.29, 1.82) is 0 Å². The van der Waals surface area contributed by atoms with E-state index in [1.54, 1.807) is 0 Å². The summed E-state index contributed by atoms with van der Waals surface area (Å²) in [6, 6.07) is 14.3. The average Bonchev–Trinajstić information content (AvgIpc) is 2.50. The van der Waals surface area contributed by atoms with Gasteiger partial charge in [-0.25, -0.2) is 0 Å². The van der Waals surface area contributed by atoms with E-state index in [0.717, 1.165) is 16.9 Å². The van der Waals surface area contributed by atoms with Crippen LogP contribution in [0.1, 0.15) is 43.9 Å². The van der Waals surface area contributed by atoms with E-state index in [2.05, 4.69) is 69.5 Å². The Labute approximate surface area is 145 Å². The molecule has 0 fully saturated rings. The first-order valence-corrected chi connectivity index (χ1v) is 8.48. The lowest BCUT2D eigenvalue weighted by Gasteiger charge is -2.23. The Hall–Kier alpha value is -2.29. The van der Waals surface area contributed by atoms with Crippen LogP contribution < -0.4 is 10.6 Å². The minimum atomic E-state index is 0.000794. The van der Waals surface area contributed by atoms with E-state index in [0.29, 0.717) is 13.0 Å². The molecule has 0 unspecified atom stereocenters. The van der Waals surface area contributed by atoms with Crippen LogP contribution in [0.2, 0.25) is 0 Å². The van der Waals surface area contributed by atoms with Crippen molar-refractivity contribution in [2.75, 3.05) is 17.2 Å². The van der Waals surface area contributed by atoms with Crippen molar-refractivity contribution in [2.45, 2.75) is 46.5 Å². The zero-order valence-corrected chi connectivity index (χ0v) is 15.4. The number of amides is 1. The summed E-state index contributed by atoms with van der Waals surface area (Å²) in [6.45, 7) is 11.2. The molecular formula is C21H28N2O. The van der Waals surface area contributed by atoms with Gasteiger partial charge in [-0.2, -0.15) is 0 Å². The second-order valence-corrected chi connectivity index (χ2v) is 7.34. The highest BCUT2D eigenvalue weighted by Gasteiger charge is 2.18. The molecular weight excluding hydrogens is 296 g/mol. The number of anilines is 2. The highest BCUT2D eigenvalue weighted by Crippen LogP contribution is 2.29. The summed E-state index contributed by atoms with van der Waals surface area (Å²) >= 11 is 0. The second kappa shape index (κ2) is 7.52. The molecule has 3 nitrogen and oxygen atoms in total. The molecule has 0 aromatic heterocycles. The molecule has 0 bridgehead atoms. The molecule has 24 heavy (non-hydrogen) atoms. The molecule has 2 aromatic carbocycles. The van der Waals surface area contributed by atoms with Crippen molar-refractivity contribution in [3.63, 3.8) is 0 Å². The van der Waals surface area contributed by atoms with E-state index in [-0.39, 0.29) is 11.3 Å². The van der Waals surface area contributed by atoms with Crippen LogP contribution in [0.5, 0.6) is 0 Å². The topological polar surface area (TPSA) is 41.1 Å². The van der Waals surface area contributed by atoms with Gasteiger partial charge in [0.1, 0.15) is 0 Å². The number of hydrogen-bond acceptors (Lipinski definition) is 2. The number of hydrogen-bond donors (Lipinski definition) is 2. The number of nitrogens with one attached hydrogen (secondary N) is 2. The van der Waals surface area contributed by atoms with Gasteiger partial charge in [-0.05, 0) is 48.1 Å². The van der Waals surface area contributed by atoms with Crippen LogP contribution >= 0.6 is 0 Å². The lowest BCUT2D eigenvalue weighted by atomic mass is 9.86. The summed E-state index contributed by atoms with van der Waals surface area (Å²) in [7, 11) is 0. The zero-order chi connectivity index (χ0) is 17.7. The second-order valence-electron chi connectivity index (χ2n) is 7.34. The molecule has 128 valence electrons. The summed E-state index contributed by atoms with van der Waals surface area (Å²) in [6.07, 6.45) is 0.436. The molecule has 2 aromatic rings. The first kappa shape index (κ1) is 18.1. The maximum Gasteiger partial charge on any atom is 0.226 e. The lowest BCUT2D eigenvalue weighted by Crippen LogP contribution is -2.20. The number of aryl methyl sites for hydroxylation is 2. The van der Waals surface area contributed by atoms with E-state index in [1.807, 2.05) is 18.2 Å². The zero-order valence-electron chi connectivity index (χ0n) is 15.4. The van der Waals surface area contributed by atoms with Gasteiger partial charge in [0.15, 0.2) is 0 Å². The smallest absolute Gasteiger partial charge is 0.226 e. The van der Waals surface area contributed by atoms with Crippen LogP contribution in [0.15, 0.2) is 42.5 Å². The molecule has 0 radical (unpaired) electrons. The maximum atomic E-state index is 12.3. The van der Waals surface area contributed by atoms with Gasteiger partial charge in [0.2, 0.25) is 5.91 Å². The number of carbonyl (C=O) groups is 1. The molecule has 0 aliphatic rings. The Morgan fingerprint density at radius 1 is 1.00 bits per heavy atom. The summed E-state index contributed by atoms with van der Waals surface area (Å²) in [5, 5.41) is 6.40. The molecule has 2 rings (SSSR count). The highest BCUT2D eigenvalue weighted by atomic mass is 16.1. The Bertz CT molecular complexity index is 714. The van der Waals surface area contributed by atoms with Crippen LogP contribution in [0.4, 0.5) is 11.4 Å². The van der Waals surface area contributed by atoms with Gasteiger partial charge in [-0.15, -0.1) is 0 Å². The number of benzene rings is 2. The van der Waals surface area contributed by atoms with Gasteiger partial charge in [0, 0.05) is 24.3 Å². The Morgan fingerprint density at radius 3 is 2.42 bits per heavy atom.